The number of hydrogen-bond acceptors (Lipinski definition) is 2. The van der Waals surface area contributed by atoms with Gasteiger partial charge in [-0.2, -0.15) is 0 Å². The van der Waals surface area contributed by atoms with E-state index in [1.807, 2.05) is 14.0 Å². The first-order valence-corrected chi connectivity index (χ1v) is 7.50. The Kier molecular flexibility index (Phi) is 2.92. The van der Waals surface area contributed by atoms with E-state index in [1.165, 1.54) is 32.1 Å². The Hall–Kier alpha value is -0.570. The van der Waals surface area contributed by atoms with E-state index >= 15 is 0 Å². The van der Waals surface area contributed by atoms with Crippen molar-refractivity contribution < 1.29 is 4.79 Å². The molecule has 4 rings (SSSR count). The second-order valence-corrected chi connectivity index (χ2v) is 7.25. The predicted molar refractivity (Wildman–Crippen MR) is 71.8 cm³/mol. The van der Waals surface area contributed by atoms with Crippen molar-refractivity contribution in [3.63, 3.8) is 0 Å². The number of amides is 1. The van der Waals surface area contributed by atoms with Crippen LogP contribution < -0.4 is 11.1 Å². The van der Waals surface area contributed by atoms with Crippen molar-refractivity contribution in [3.8, 4) is 0 Å². The lowest BCUT2D eigenvalue weighted by molar-refractivity contribution is -0.126. The molecule has 3 heteroatoms. The van der Waals surface area contributed by atoms with E-state index in [9.17, 15) is 4.79 Å². The number of hydrogen-bond donors (Lipinski definition) is 2. The lowest BCUT2D eigenvalue weighted by Gasteiger charge is -2.55. The molecule has 0 aromatic heterocycles. The molecule has 0 saturated heterocycles. The summed E-state index contributed by atoms with van der Waals surface area (Å²) in [5, 5.41) is 3.16. The third-order valence-corrected chi connectivity index (χ3v) is 6.16. The summed E-state index contributed by atoms with van der Waals surface area (Å²) in [6.45, 7) is 1.97. The number of likely N-dealkylation sites (N-methyl/N-ethyl adjacent to an activating group) is 1. The second kappa shape index (κ2) is 4.22. The molecule has 4 saturated carbocycles. The zero-order valence-electron chi connectivity index (χ0n) is 11.6. The largest absolute Gasteiger partial charge is 0.368 e. The standard InChI is InChI=1S/C15H26N2O/c1-15(17-2,14(16)18)8-13-11-4-9-3-10(6-11)7-12(13)5-9/h9-13,17H,3-8H2,1-2H3,(H2,16,18). The summed E-state index contributed by atoms with van der Waals surface area (Å²) in [4.78, 5) is 11.7. The van der Waals surface area contributed by atoms with Crippen LogP contribution in [0.2, 0.25) is 0 Å². The monoisotopic (exact) mass is 250 g/mol. The van der Waals surface area contributed by atoms with Gasteiger partial charge in [0.2, 0.25) is 5.91 Å². The van der Waals surface area contributed by atoms with Gasteiger partial charge in [0.05, 0.1) is 5.54 Å². The van der Waals surface area contributed by atoms with Crippen LogP contribution in [0.3, 0.4) is 0 Å². The Balaban J connectivity index is 1.75. The molecule has 1 amide bonds. The van der Waals surface area contributed by atoms with Crippen LogP contribution >= 0.6 is 0 Å². The highest BCUT2D eigenvalue weighted by Gasteiger charge is 2.50. The minimum absolute atomic E-state index is 0.196. The molecule has 1 atom stereocenters. The summed E-state index contributed by atoms with van der Waals surface area (Å²) < 4.78 is 0. The highest BCUT2D eigenvalue weighted by molar-refractivity contribution is 5.84. The zero-order chi connectivity index (χ0) is 12.9. The van der Waals surface area contributed by atoms with Gasteiger partial charge >= 0.3 is 0 Å². The number of primary amides is 1. The topological polar surface area (TPSA) is 55.1 Å². The molecular weight excluding hydrogens is 224 g/mol. The van der Waals surface area contributed by atoms with Gasteiger partial charge < -0.3 is 11.1 Å². The van der Waals surface area contributed by atoms with E-state index in [0.29, 0.717) is 0 Å². The molecular formula is C15H26N2O. The van der Waals surface area contributed by atoms with Gasteiger partial charge in [-0.25, -0.2) is 0 Å². The molecule has 1 unspecified atom stereocenters. The number of nitrogens with one attached hydrogen (secondary N) is 1. The van der Waals surface area contributed by atoms with Crippen LogP contribution in [0.1, 0.15) is 45.4 Å². The van der Waals surface area contributed by atoms with Crippen LogP contribution in [-0.2, 0) is 4.79 Å². The number of nitrogens with two attached hydrogens (primary N) is 1. The maximum absolute atomic E-state index is 11.7. The summed E-state index contributed by atoms with van der Waals surface area (Å²) in [6.07, 6.45) is 8.07. The van der Waals surface area contributed by atoms with Crippen molar-refractivity contribution in [1.82, 2.24) is 5.32 Å². The van der Waals surface area contributed by atoms with Gasteiger partial charge in [0.15, 0.2) is 0 Å². The highest BCUT2D eigenvalue weighted by atomic mass is 16.1. The molecule has 4 fully saturated rings. The Morgan fingerprint density at radius 1 is 1.17 bits per heavy atom. The maximum Gasteiger partial charge on any atom is 0.237 e. The van der Waals surface area contributed by atoms with Crippen molar-refractivity contribution in [2.75, 3.05) is 7.05 Å². The van der Waals surface area contributed by atoms with E-state index in [-0.39, 0.29) is 5.91 Å². The average molecular weight is 250 g/mol. The lowest BCUT2D eigenvalue weighted by atomic mass is 9.50. The predicted octanol–water partition coefficient (Wildman–Crippen LogP) is 1.91. The highest BCUT2D eigenvalue weighted by Crippen LogP contribution is 2.58. The number of rotatable bonds is 4. The molecule has 102 valence electrons. The summed E-state index contributed by atoms with van der Waals surface area (Å²) in [5.41, 5.74) is 5.07. The normalized spacial score (nSPS) is 44.9. The Bertz CT molecular complexity index is 326. The van der Waals surface area contributed by atoms with Crippen molar-refractivity contribution >= 4 is 5.91 Å². The fourth-order valence-electron chi connectivity index (χ4n) is 5.17. The van der Waals surface area contributed by atoms with E-state index in [4.69, 9.17) is 5.73 Å². The first kappa shape index (κ1) is 12.5. The second-order valence-electron chi connectivity index (χ2n) is 7.25. The summed E-state index contributed by atoms with van der Waals surface area (Å²) >= 11 is 0. The van der Waals surface area contributed by atoms with Gasteiger partial charge in [-0.3, -0.25) is 4.79 Å². The van der Waals surface area contributed by atoms with Gasteiger partial charge in [-0.05, 0) is 82.1 Å². The van der Waals surface area contributed by atoms with E-state index in [0.717, 1.165) is 36.0 Å². The third-order valence-electron chi connectivity index (χ3n) is 6.16. The Morgan fingerprint density at radius 3 is 2.06 bits per heavy atom. The van der Waals surface area contributed by atoms with E-state index in [1.54, 1.807) is 0 Å². The molecule has 0 aliphatic heterocycles. The van der Waals surface area contributed by atoms with E-state index in [2.05, 4.69) is 5.32 Å². The summed E-state index contributed by atoms with van der Waals surface area (Å²) in [7, 11) is 1.86. The molecule has 4 aliphatic carbocycles. The zero-order valence-corrected chi connectivity index (χ0v) is 11.6. The average Bonchev–Trinajstić information content (AvgIpc) is 2.32. The van der Waals surface area contributed by atoms with Crippen molar-refractivity contribution in [2.45, 2.75) is 51.0 Å². The van der Waals surface area contributed by atoms with Crippen molar-refractivity contribution in [1.29, 1.82) is 0 Å². The quantitative estimate of drug-likeness (QED) is 0.801. The van der Waals surface area contributed by atoms with Gasteiger partial charge in [-0.15, -0.1) is 0 Å². The van der Waals surface area contributed by atoms with Crippen LogP contribution in [-0.4, -0.2) is 18.5 Å². The number of carbonyl (C=O) groups is 1. The van der Waals surface area contributed by atoms with Crippen LogP contribution in [0.5, 0.6) is 0 Å². The molecule has 3 nitrogen and oxygen atoms in total. The van der Waals surface area contributed by atoms with Crippen molar-refractivity contribution in [2.24, 2.45) is 35.3 Å². The Labute approximate surface area is 110 Å². The molecule has 0 spiro atoms. The van der Waals surface area contributed by atoms with Crippen molar-refractivity contribution in [3.05, 3.63) is 0 Å². The van der Waals surface area contributed by atoms with E-state index < -0.39 is 5.54 Å². The summed E-state index contributed by atoms with van der Waals surface area (Å²) in [6, 6.07) is 0. The molecule has 0 aromatic rings. The van der Waals surface area contributed by atoms with Gasteiger partial charge in [0, 0.05) is 0 Å². The van der Waals surface area contributed by atoms with Gasteiger partial charge in [0.25, 0.3) is 0 Å². The molecule has 3 N–H and O–H groups in total. The van der Waals surface area contributed by atoms with Gasteiger partial charge in [0.1, 0.15) is 0 Å². The van der Waals surface area contributed by atoms with Crippen LogP contribution in [0, 0.1) is 29.6 Å². The van der Waals surface area contributed by atoms with Crippen LogP contribution in [0.4, 0.5) is 0 Å². The van der Waals surface area contributed by atoms with Crippen LogP contribution in [0.15, 0.2) is 0 Å². The SMILES string of the molecule is CNC(C)(CC1C2CC3CC(C2)CC1C3)C(N)=O. The van der Waals surface area contributed by atoms with Crippen LogP contribution in [0.25, 0.3) is 0 Å². The number of carbonyl (C=O) groups excluding carboxylic acids is 1. The minimum Gasteiger partial charge on any atom is -0.368 e. The molecule has 18 heavy (non-hydrogen) atoms. The minimum atomic E-state index is -0.514. The Morgan fingerprint density at radius 2 is 1.67 bits per heavy atom. The molecule has 0 aromatic carbocycles. The summed E-state index contributed by atoms with van der Waals surface area (Å²) in [5.74, 6) is 4.26. The van der Waals surface area contributed by atoms with Gasteiger partial charge in [-0.1, -0.05) is 0 Å². The fraction of sp³-hybridized carbons (Fsp3) is 0.933. The maximum atomic E-state index is 11.7. The first-order valence-electron chi connectivity index (χ1n) is 7.50. The third kappa shape index (κ3) is 1.87. The first-order chi connectivity index (χ1) is 8.51. The molecule has 0 radical (unpaired) electrons. The molecule has 4 bridgehead atoms. The smallest absolute Gasteiger partial charge is 0.237 e. The lowest BCUT2D eigenvalue weighted by Crippen LogP contribution is -2.56. The molecule has 0 heterocycles. The fourth-order valence-corrected chi connectivity index (χ4v) is 5.17. The molecule has 4 aliphatic rings.